The summed E-state index contributed by atoms with van der Waals surface area (Å²) in [6.45, 7) is 2.05. The van der Waals surface area contributed by atoms with E-state index in [1.54, 1.807) is 0 Å². The lowest BCUT2D eigenvalue weighted by molar-refractivity contribution is 0.0105. The highest BCUT2D eigenvalue weighted by Crippen LogP contribution is 2.56. The molecule has 0 unspecified atom stereocenters. The molecule has 4 aliphatic carbocycles. The van der Waals surface area contributed by atoms with Crippen molar-refractivity contribution in [2.45, 2.75) is 57.0 Å². The van der Waals surface area contributed by atoms with Crippen molar-refractivity contribution in [2.24, 2.45) is 17.8 Å². The highest BCUT2D eigenvalue weighted by molar-refractivity contribution is 5.50. The highest BCUT2D eigenvalue weighted by Gasteiger charge is 2.51. The van der Waals surface area contributed by atoms with E-state index in [4.69, 9.17) is 0 Å². The van der Waals surface area contributed by atoms with E-state index >= 15 is 0 Å². The van der Waals surface area contributed by atoms with E-state index in [-0.39, 0.29) is 0 Å². The summed E-state index contributed by atoms with van der Waals surface area (Å²) >= 11 is 0. The first kappa shape index (κ1) is 11.6. The second-order valence-electron chi connectivity index (χ2n) is 7.78. The SMILES string of the molecule is C1Cc2[nH]nc(NC34CC5CC(CC(C5)C3)C4)c2CN1. The summed E-state index contributed by atoms with van der Waals surface area (Å²) in [4.78, 5) is 0. The summed E-state index contributed by atoms with van der Waals surface area (Å²) < 4.78 is 0. The smallest absolute Gasteiger partial charge is 0.153 e. The fourth-order valence-corrected chi connectivity index (χ4v) is 5.84. The quantitative estimate of drug-likeness (QED) is 0.775. The molecule has 4 fully saturated rings. The standard InChI is InChI=1S/C16H24N4/c1-2-17-9-13-14(1)19-20-15(13)18-16-6-10-3-11(7-16)5-12(4-10)8-16/h10-12,17H,1-9H2,(H2,18,19,20). The van der Waals surface area contributed by atoms with Crippen molar-refractivity contribution in [1.29, 1.82) is 0 Å². The van der Waals surface area contributed by atoms with E-state index in [2.05, 4.69) is 20.8 Å². The molecule has 0 saturated heterocycles. The van der Waals surface area contributed by atoms with Crippen molar-refractivity contribution in [1.82, 2.24) is 15.5 Å². The van der Waals surface area contributed by atoms with Crippen LogP contribution in [0.25, 0.3) is 0 Å². The van der Waals surface area contributed by atoms with Gasteiger partial charge in [-0.15, -0.1) is 0 Å². The average molecular weight is 272 g/mol. The van der Waals surface area contributed by atoms with Gasteiger partial charge in [0.1, 0.15) is 0 Å². The summed E-state index contributed by atoms with van der Waals surface area (Å²) in [5.74, 6) is 4.11. The molecule has 1 aliphatic heterocycles. The van der Waals surface area contributed by atoms with Crippen molar-refractivity contribution in [3.05, 3.63) is 11.3 Å². The van der Waals surface area contributed by atoms with E-state index in [0.717, 1.165) is 43.1 Å². The van der Waals surface area contributed by atoms with Gasteiger partial charge in [-0.1, -0.05) is 0 Å². The third kappa shape index (κ3) is 1.67. The number of anilines is 1. The van der Waals surface area contributed by atoms with Gasteiger partial charge in [0.05, 0.1) is 0 Å². The Morgan fingerprint density at radius 2 is 1.75 bits per heavy atom. The molecule has 4 bridgehead atoms. The second-order valence-corrected chi connectivity index (χ2v) is 7.78. The third-order valence-corrected chi connectivity index (χ3v) is 6.23. The molecule has 0 radical (unpaired) electrons. The van der Waals surface area contributed by atoms with Crippen LogP contribution in [0.1, 0.15) is 49.8 Å². The van der Waals surface area contributed by atoms with Gasteiger partial charge in [0.2, 0.25) is 0 Å². The third-order valence-electron chi connectivity index (χ3n) is 6.23. The van der Waals surface area contributed by atoms with Crippen molar-refractivity contribution in [3.63, 3.8) is 0 Å². The topological polar surface area (TPSA) is 52.7 Å². The molecule has 4 saturated carbocycles. The molecule has 4 heteroatoms. The summed E-state index contributed by atoms with van der Waals surface area (Å²) in [5.41, 5.74) is 3.11. The number of H-pyrrole nitrogens is 1. The molecule has 4 nitrogen and oxygen atoms in total. The maximum Gasteiger partial charge on any atom is 0.153 e. The Labute approximate surface area is 120 Å². The van der Waals surface area contributed by atoms with Crippen LogP contribution in [0, 0.1) is 17.8 Å². The number of hydrogen-bond acceptors (Lipinski definition) is 3. The molecule has 0 spiro atoms. The molecule has 0 amide bonds. The molecule has 2 heterocycles. The van der Waals surface area contributed by atoms with Crippen LogP contribution >= 0.6 is 0 Å². The Hall–Kier alpha value is -1.03. The molecular weight excluding hydrogens is 248 g/mol. The largest absolute Gasteiger partial charge is 0.363 e. The zero-order valence-electron chi connectivity index (χ0n) is 12.0. The van der Waals surface area contributed by atoms with Crippen LogP contribution in [-0.4, -0.2) is 22.3 Å². The summed E-state index contributed by atoms with van der Waals surface area (Å²) in [6, 6.07) is 0. The van der Waals surface area contributed by atoms with Gasteiger partial charge >= 0.3 is 0 Å². The maximum atomic E-state index is 4.60. The Morgan fingerprint density at radius 3 is 2.45 bits per heavy atom. The molecule has 108 valence electrons. The number of nitrogens with zero attached hydrogens (tertiary/aromatic N) is 1. The monoisotopic (exact) mass is 272 g/mol. The van der Waals surface area contributed by atoms with Crippen LogP contribution < -0.4 is 10.6 Å². The molecule has 3 N–H and O–H groups in total. The fourth-order valence-electron chi connectivity index (χ4n) is 5.84. The Balaban J connectivity index is 1.45. The summed E-state index contributed by atoms with van der Waals surface area (Å²) in [7, 11) is 0. The lowest BCUT2D eigenvalue weighted by Gasteiger charge is -2.57. The Morgan fingerprint density at radius 1 is 1.05 bits per heavy atom. The van der Waals surface area contributed by atoms with Gasteiger partial charge in [-0.25, -0.2) is 0 Å². The fraction of sp³-hybridized carbons (Fsp3) is 0.812. The van der Waals surface area contributed by atoms with Gasteiger partial charge in [0.25, 0.3) is 0 Å². The van der Waals surface area contributed by atoms with Crippen LogP contribution in [-0.2, 0) is 13.0 Å². The highest BCUT2D eigenvalue weighted by atomic mass is 15.2. The number of nitrogens with one attached hydrogen (secondary N) is 3. The number of hydrogen-bond donors (Lipinski definition) is 3. The molecular formula is C16H24N4. The minimum Gasteiger partial charge on any atom is -0.363 e. The van der Waals surface area contributed by atoms with E-state index in [1.807, 2.05) is 0 Å². The first-order chi connectivity index (χ1) is 9.80. The van der Waals surface area contributed by atoms with Crippen LogP contribution in [0.5, 0.6) is 0 Å². The second kappa shape index (κ2) is 4.00. The first-order valence-corrected chi connectivity index (χ1v) is 8.35. The maximum absolute atomic E-state index is 4.60. The number of rotatable bonds is 2. The average Bonchev–Trinajstić information content (AvgIpc) is 2.80. The van der Waals surface area contributed by atoms with Crippen LogP contribution in [0.2, 0.25) is 0 Å². The van der Waals surface area contributed by atoms with Crippen molar-refractivity contribution in [2.75, 3.05) is 11.9 Å². The molecule has 20 heavy (non-hydrogen) atoms. The molecule has 6 rings (SSSR count). The van der Waals surface area contributed by atoms with E-state index in [1.165, 1.54) is 49.8 Å². The predicted molar refractivity (Wildman–Crippen MR) is 78.5 cm³/mol. The predicted octanol–water partition coefficient (Wildman–Crippen LogP) is 2.44. The van der Waals surface area contributed by atoms with Crippen LogP contribution in [0.4, 0.5) is 5.82 Å². The lowest BCUT2D eigenvalue weighted by atomic mass is 9.53. The zero-order chi connectivity index (χ0) is 13.2. The Bertz CT molecular complexity index is 497. The van der Waals surface area contributed by atoms with Gasteiger partial charge in [-0.3, -0.25) is 5.10 Å². The Kier molecular flexibility index (Phi) is 2.32. The van der Waals surface area contributed by atoms with Crippen LogP contribution in [0.15, 0.2) is 0 Å². The van der Waals surface area contributed by atoms with Gasteiger partial charge in [0, 0.05) is 36.3 Å². The lowest BCUT2D eigenvalue weighted by Crippen LogP contribution is -2.55. The van der Waals surface area contributed by atoms with Gasteiger partial charge in [0.15, 0.2) is 5.82 Å². The number of aromatic nitrogens is 2. The first-order valence-electron chi connectivity index (χ1n) is 8.35. The molecule has 0 atom stereocenters. The minimum absolute atomic E-state index is 0.370. The van der Waals surface area contributed by atoms with Gasteiger partial charge in [-0.05, 0) is 56.3 Å². The molecule has 1 aromatic heterocycles. The van der Waals surface area contributed by atoms with E-state index in [0.29, 0.717) is 5.54 Å². The van der Waals surface area contributed by atoms with E-state index in [9.17, 15) is 0 Å². The number of fused-ring (bicyclic) bond motifs is 1. The molecule has 0 aromatic carbocycles. The normalized spacial score (nSPS) is 41.7. The van der Waals surface area contributed by atoms with Gasteiger partial charge < -0.3 is 10.6 Å². The summed E-state index contributed by atoms with van der Waals surface area (Å²) in [5, 5.41) is 15.2. The van der Waals surface area contributed by atoms with E-state index < -0.39 is 0 Å². The van der Waals surface area contributed by atoms with Crippen molar-refractivity contribution < 1.29 is 0 Å². The zero-order valence-corrected chi connectivity index (χ0v) is 12.0. The van der Waals surface area contributed by atoms with Crippen molar-refractivity contribution >= 4 is 5.82 Å². The summed E-state index contributed by atoms with van der Waals surface area (Å²) in [6.07, 6.45) is 9.74. The minimum atomic E-state index is 0.370. The molecule has 1 aromatic rings. The number of aromatic amines is 1. The van der Waals surface area contributed by atoms with Gasteiger partial charge in [-0.2, -0.15) is 5.10 Å². The van der Waals surface area contributed by atoms with Crippen LogP contribution in [0.3, 0.4) is 0 Å². The van der Waals surface area contributed by atoms with Crippen molar-refractivity contribution in [3.8, 4) is 0 Å². The molecule has 5 aliphatic rings.